The highest BCUT2D eigenvalue weighted by Gasteiger charge is 2.06. The predicted molar refractivity (Wildman–Crippen MR) is 90.3 cm³/mol. The van der Waals surface area contributed by atoms with E-state index in [0.717, 1.165) is 5.56 Å². The molecule has 0 aromatic heterocycles. The first-order chi connectivity index (χ1) is 11.1. The Labute approximate surface area is 139 Å². The molecule has 6 heteroatoms. The molecule has 2 aromatic rings. The molecule has 0 spiro atoms. The molecule has 0 aliphatic rings. The Bertz CT molecular complexity index is 699. The van der Waals surface area contributed by atoms with Crippen LogP contribution in [-0.2, 0) is 4.79 Å². The zero-order valence-corrected chi connectivity index (χ0v) is 13.6. The third-order valence-electron chi connectivity index (χ3n) is 3.04. The van der Waals surface area contributed by atoms with E-state index in [0.29, 0.717) is 22.2 Å². The lowest BCUT2D eigenvalue weighted by Gasteiger charge is -2.09. The van der Waals surface area contributed by atoms with Crippen LogP contribution in [0.5, 0.6) is 11.5 Å². The van der Waals surface area contributed by atoms with Crippen LogP contribution >= 0.6 is 11.6 Å². The number of hydrazone groups is 1. The quantitative estimate of drug-likeness (QED) is 0.652. The smallest absolute Gasteiger partial charge is 0.277 e. The fourth-order valence-electron chi connectivity index (χ4n) is 1.82. The van der Waals surface area contributed by atoms with Crippen molar-refractivity contribution >= 4 is 23.2 Å². The van der Waals surface area contributed by atoms with Crippen molar-refractivity contribution in [1.29, 1.82) is 0 Å². The summed E-state index contributed by atoms with van der Waals surface area (Å²) >= 11 is 5.83. The molecule has 0 unspecified atom stereocenters. The van der Waals surface area contributed by atoms with Crippen molar-refractivity contribution in [2.24, 2.45) is 5.10 Å². The third-order valence-corrected chi connectivity index (χ3v) is 3.29. The Morgan fingerprint density at radius 3 is 2.43 bits per heavy atom. The zero-order valence-electron chi connectivity index (χ0n) is 12.9. The topological polar surface area (TPSA) is 59.9 Å². The monoisotopic (exact) mass is 332 g/mol. The minimum absolute atomic E-state index is 0.155. The molecule has 5 nitrogen and oxygen atoms in total. The molecule has 0 aliphatic heterocycles. The molecule has 1 N–H and O–H groups in total. The molecule has 0 saturated heterocycles. The third kappa shape index (κ3) is 5.00. The van der Waals surface area contributed by atoms with Gasteiger partial charge in [-0.3, -0.25) is 4.79 Å². The molecule has 120 valence electrons. The van der Waals surface area contributed by atoms with Gasteiger partial charge in [0, 0.05) is 5.02 Å². The first kappa shape index (κ1) is 16.8. The summed E-state index contributed by atoms with van der Waals surface area (Å²) in [6.07, 6.45) is 0. The Morgan fingerprint density at radius 2 is 1.78 bits per heavy atom. The number of hydrogen-bond donors (Lipinski definition) is 1. The van der Waals surface area contributed by atoms with Gasteiger partial charge in [-0.05, 0) is 36.8 Å². The van der Waals surface area contributed by atoms with E-state index in [-0.39, 0.29) is 12.5 Å². The summed E-state index contributed by atoms with van der Waals surface area (Å²) in [6.45, 7) is 1.64. The van der Waals surface area contributed by atoms with Crippen molar-refractivity contribution in [3.63, 3.8) is 0 Å². The van der Waals surface area contributed by atoms with Gasteiger partial charge in [0.05, 0.1) is 12.8 Å². The van der Waals surface area contributed by atoms with Crippen molar-refractivity contribution in [2.45, 2.75) is 6.92 Å². The maximum absolute atomic E-state index is 11.8. The van der Waals surface area contributed by atoms with Crippen LogP contribution in [-0.4, -0.2) is 25.3 Å². The second kappa shape index (κ2) is 8.19. The van der Waals surface area contributed by atoms with Gasteiger partial charge in [0.1, 0.15) is 0 Å². The normalized spacial score (nSPS) is 11.0. The molecule has 0 heterocycles. The van der Waals surface area contributed by atoms with E-state index in [2.05, 4.69) is 10.5 Å². The van der Waals surface area contributed by atoms with Crippen LogP contribution in [0.1, 0.15) is 12.5 Å². The highest BCUT2D eigenvalue weighted by Crippen LogP contribution is 2.25. The van der Waals surface area contributed by atoms with Gasteiger partial charge in [0.15, 0.2) is 18.1 Å². The molecule has 0 atom stereocenters. The number of ether oxygens (including phenoxy) is 2. The SMILES string of the molecule is COc1ccccc1OCC(=O)N/N=C(\C)c1ccc(Cl)cc1. The highest BCUT2D eigenvalue weighted by molar-refractivity contribution is 6.30. The summed E-state index contributed by atoms with van der Waals surface area (Å²) in [4.78, 5) is 11.8. The maximum atomic E-state index is 11.8. The first-order valence-corrected chi connectivity index (χ1v) is 7.33. The van der Waals surface area contributed by atoms with Crippen LogP contribution in [0.15, 0.2) is 53.6 Å². The molecular weight excluding hydrogens is 316 g/mol. The summed E-state index contributed by atoms with van der Waals surface area (Å²) in [5.41, 5.74) is 4.00. The number of nitrogens with zero attached hydrogens (tertiary/aromatic N) is 1. The van der Waals surface area contributed by atoms with Gasteiger partial charge in [-0.25, -0.2) is 5.43 Å². The lowest BCUT2D eigenvalue weighted by Crippen LogP contribution is -2.25. The second-order valence-electron chi connectivity index (χ2n) is 4.68. The second-order valence-corrected chi connectivity index (χ2v) is 5.12. The summed E-state index contributed by atoms with van der Waals surface area (Å²) in [5, 5.41) is 4.69. The average Bonchev–Trinajstić information content (AvgIpc) is 2.58. The molecule has 0 fully saturated rings. The minimum Gasteiger partial charge on any atom is -0.493 e. The molecule has 0 saturated carbocycles. The summed E-state index contributed by atoms with van der Waals surface area (Å²) in [6, 6.07) is 14.3. The van der Waals surface area contributed by atoms with E-state index < -0.39 is 0 Å². The average molecular weight is 333 g/mol. The minimum atomic E-state index is -0.357. The van der Waals surface area contributed by atoms with E-state index in [1.165, 1.54) is 0 Å². The lowest BCUT2D eigenvalue weighted by atomic mass is 10.1. The van der Waals surface area contributed by atoms with Gasteiger partial charge in [-0.15, -0.1) is 0 Å². The van der Waals surface area contributed by atoms with Crippen LogP contribution in [0.2, 0.25) is 5.02 Å². The predicted octanol–water partition coefficient (Wildman–Crippen LogP) is 3.27. The first-order valence-electron chi connectivity index (χ1n) is 6.95. The van der Waals surface area contributed by atoms with Crippen LogP contribution in [0.25, 0.3) is 0 Å². The van der Waals surface area contributed by atoms with Gasteiger partial charge in [0.25, 0.3) is 5.91 Å². The summed E-state index contributed by atoms with van der Waals surface area (Å²) < 4.78 is 10.6. The Balaban J connectivity index is 1.89. The Hall–Kier alpha value is -2.53. The molecular formula is C17H17ClN2O3. The molecule has 23 heavy (non-hydrogen) atoms. The van der Waals surface area contributed by atoms with Gasteiger partial charge in [-0.1, -0.05) is 35.9 Å². The Morgan fingerprint density at radius 1 is 1.13 bits per heavy atom. The van der Waals surface area contributed by atoms with Crippen molar-refractivity contribution < 1.29 is 14.3 Å². The van der Waals surface area contributed by atoms with E-state index in [4.69, 9.17) is 21.1 Å². The largest absolute Gasteiger partial charge is 0.493 e. The summed E-state index contributed by atoms with van der Waals surface area (Å²) in [5.74, 6) is 0.717. The molecule has 0 radical (unpaired) electrons. The fourth-order valence-corrected chi connectivity index (χ4v) is 1.94. The van der Waals surface area contributed by atoms with Crippen LogP contribution in [0.4, 0.5) is 0 Å². The molecule has 2 rings (SSSR count). The number of carbonyl (C=O) groups excluding carboxylic acids is 1. The molecule has 0 aliphatic carbocycles. The zero-order chi connectivity index (χ0) is 16.7. The van der Waals surface area contributed by atoms with Gasteiger partial charge < -0.3 is 9.47 Å². The molecule has 2 aromatic carbocycles. The van der Waals surface area contributed by atoms with Crippen LogP contribution < -0.4 is 14.9 Å². The number of methoxy groups -OCH3 is 1. The van der Waals surface area contributed by atoms with E-state index >= 15 is 0 Å². The molecule has 1 amide bonds. The fraction of sp³-hybridized carbons (Fsp3) is 0.176. The number of rotatable bonds is 6. The van der Waals surface area contributed by atoms with Crippen molar-refractivity contribution in [2.75, 3.05) is 13.7 Å². The summed E-state index contributed by atoms with van der Waals surface area (Å²) in [7, 11) is 1.54. The van der Waals surface area contributed by atoms with Crippen LogP contribution in [0, 0.1) is 0 Å². The number of nitrogens with one attached hydrogen (secondary N) is 1. The van der Waals surface area contributed by atoms with Crippen molar-refractivity contribution in [3.8, 4) is 11.5 Å². The lowest BCUT2D eigenvalue weighted by molar-refractivity contribution is -0.123. The van der Waals surface area contributed by atoms with E-state index in [1.807, 2.05) is 18.2 Å². The van der Waals surface area contributed by atoms with E-state index in [9.17, 15) is 4.79 Å². The van der Waals surface area contributed by atoms with Gasteiger partial charge in [0.2, 0.25) is 0 Å². The Kier molecular flexibility index (Phi) is 6.00. The number of amides is 1. The number of halogens is 1. The standard InChI is InChI=1S/C17H17ClN2O3/c1-12(13-7-9-14(18)10-8-13)19-20-17(21)11-23-16-6-4-3-5-15(16)22-2/h3-10H,11H2,1-2H3,(H,20,21)/b19-12+. The van der Waals surface area contributed by atoms with E-state index in [1.54, 1.807) is 44.4 Å². The van der Waals surface area contributed by atoms with Crippen molar-refractivity contribution in [1.82, 2.24) is 5.43 Å². The van der Waals surface area contributed by atoms with Gasteiger partial charge >= 0.3 is 0 Å². The number of para-hydroxylation sites is 2. The number of hydrogen-bond acceptors (Lipinski definition) is 4. The number of carbonyl (C=O) groups is 1. The molecule has 0 bridgehead atoms. The highest BCUT2D eigenvalue weighted by atomic mass is 35.5. The van der Waals surface area contributed by atoms with Crippen molar-refractivity contribution in [3.05, 3.63) is 59.1 Å². The maximum Gasteiger partial charge on any atom is 0.277 e. The number of benzene rings is 2. The van der Waals surface area contributed by atoms with Gasteiger partial charge in [-0.2, -0.15) is 5.10 Å². The van der Waals surface area contributed by atoms with Crippen LogP contribution in [0.3, 0.4) is 0 Å².